The van der Waals surface area contributed by atoms with Gasteiger partial charge in [-0.25, -0.2) is 4.79 Å². The molecular weight excluding hydrogens is 529 g/mol. The van der Waals surface area contributed by atoms with E-state index >= 15 is 0 Å². The van der Waals surface area contributed by atoms with Crippen LogP contribution in [0.5, 0.6) is 0 Å². The molecule has 168 valence electrons. The minimum atomic E-state index is -0.814. The number of rotatable bonds is 7. The summed E-state index contributed by atoms with van der Waals surface area (Å²) in [6, 6.07) is 22.3. The number of ether oxygens (including phenoxy) is 1. The molecule has 1 heterocycles. The summed E-state index contributed by atoms with van der Waals surface area (Å²) < 4.78 is 6.45. The maximum Gasteiger partial charge on any atom is 0.408 e. The first kappa shape index (κ1) is 22.8. The van der Waals surface area contributed by atoms with Gasteiger partial charge >= 0.3 is 6.09 Å². The molecule has 0 aliphatic heterocycles. The van der Waals surface area contributed by atoms with Crippen LogP contribution in [-0.2, 0) is 22.6 Å². The number of benzene rings is 3. The zero-order valence-electron chi connectivity index (χ0n) is 18.1. The second-order valence-corrected chi connectivity index (χ2v) is 9.02. The number of aryl methyl sites for hydroxylation is 1. The zero-order chi connectivity index (χ0) is 23.2. The summed E-state index contributed by atoms with van der Waals surface area (Å²) in [6.07, 6.45) is 1.55. The van der Waals surface area contributed by atoms with Crippen molar-refractivity contribution >= 4 is 51.2 Å². The van der Waals surface area contributed by atoms with Crippen LogP contribution < -0.4 is 10.6 Å². The Morgan fingerprint density at radius 2 is 1.79 bits per heavy atom. The van der Waals surface area contributed by atoms with Crippen molar-refractivity contribution in [2.45, 2.75) is 26.0 Å². The molecule has 4 rings (SSSR count). The quantitative estimate of drug-likeness (QED) is 0.262. The minimum Gasteiger partial charge on any atom is -0.445 e. The minimum absolute atomic E-state index is 0.129. The molecule has 7 heteroatoms. The zero-order valence-corrected chi connectivity index (χ0v) is 20.3. The molecule has 1 aromatic heterocycles. The lowest BCUT2D eigenvalue weighted by Gasteiger charge is -2.19. The van der Waals surface area contributed by atoms with Crippen molar-refractivity contribution in [1.29, 1.82) is 0 Å². The van der Waals surface area contributed by atoms with Crippen molar-refractivity contribution in [3.8, 4) is 0 Å². The van der Waals surface area contributed by atoms with Crippen molar-refractivity contribution < 1.29 is 14.3 Å². The van der Waals surface area contributed by atoms with E-state index in [-0.39, 0.29) is 12.5 Å². The second kappa shape index (κ2) is 10.5. The van der Waals surface area contributed by atoms with Crippen LogP contribution >= 0.6 is 22.6 Å². The lowest BCUT2D eigenvalue weighted by Crippen LogP contribution is -2.45. The number of nitrogens with one attached hydrogen (secondary N) is 3. The summed E-state index contributed by atoms with van der Waals surface area (Å²) >= 11 is 2.23. The van der Waals surface area contributed by atoms with Gasteiger partial charge in [0.2, 0.25) is 5.91 Å². The van der Waals surface area contributed by atoms with Gasteiger partial charge in [-0.05, 0) is 70.5 Å². The van der Waals surface area contributed by atoms with Gasteiger partial charge in [-0.2, -0.15) is 0 Å². The van der Waals surface area contributed by atoms with Gasteiger partial charge in [0, 0.05) is 32.8 Å². The van der Waals surface area contributed by atoms with Gasteiger partial charge < -0.3 is 20.4 Å². The molecule has 2 amide bonds. The molecule has 3 N–H and O–H groups in total. The van der Waals surface area contributed by atoms with Crippen LogP contribution in [0.25, 0.3) is 10.9 Å². The number of amides is 2. The number of hydrogen-bond donors (Lipinski definition) is 3. The van der Waals surface area contributed by atoms with Crippen LogP contribution in [-0.4, -0.2) is 23.0 Å². The maximum absolute atomic E-state index is 13.2. The van der Waals surface area contributed by atoms with Gasteiger partial charge in [-0.3, -0.25) is 4.79 Å². The van der Waals surface area contributed by atoms with Crippen molar-refractivity contribution in [2.24, 2.45) is 0 Å². The van der Waals surface area contributed by atoms with E-state index in [9.17, 15) is 9.59 Å². The number of aromatic nitrogens is 1. The normalized spacial score (nSPS) is 11.7. The summed E-state index contributed by atoms with van der Waals surface area (Å²) in [4.78, 5) is 29.0. The molecule has 0 fully saturated rings. The average molecular weight is 553 g/mol. The summed E-state index contributed by atoms with van der Waals surface area (Å²) in [5, 5.41) is 6.72. The van der Waals surface area contributed by atoms with Gasteiger partial charge in [0.1, 0.15) is 12.6 Å². The largest absolute Gasteiger partial charge is 0.445 e. The fraction of sp³-hybridized carbons (Fsp3) is 0.154. The Hall–Kier alpha value is -3.33. The Bertz CT molecular complexity index is 1270. The first-order valence-electron chi connectivity index (χ1n) is 10.6. The fourth-order valence-corrected chi connectivity index (χ4v) is 4.27. The molecule has 3 aromatic carbocycles. The predicted molar refractivity (Wildman–Crippen MR) is 138 cm³/mol. The number of alkyl carbamates (subject to hydrolysis) is 1. The van der Waals surface area contributed by atoms with Gasteiger partial charge in [-0.15, -0.1) is 0 Å². The Morgan fingerprint density at radius 1 is 1.03 bits per heavy atom. The Labute approximate surface area is 205 Å². The van der Waals surface area contributed by atoms with E-state index < -0.39 is 12.1 Å². The molecule has 1 atom stereocenters. The summed E-state index contributed by atoms with van der Waals surface area (Å²) in [5.74, 6) is -0.304. The molecule has 0 aliphatic carbocycles. The number of carbonyl (C=O) groups excluding carboxylic acids is 2. The van der Waals surface area contributed by atoms with E-state index in [4.69, 9.17) is 4.74 Å². The molecule has 0 spiro atoms. The number of aromatic amines is 1. The van der Waals surface area contributed by atoms with E-state index in [1.54, 1.807) is 0 Å². The lowest BCUT2D eigenvalue weighted by molar-refractivity contribution is -0.118. The maximum atomic E-state index is 13.2. The molecule has 0 saturated carbocycles. The number of H-pyrrole nitrogens is 1. The van der Waals surface area contributed by atoms with Gasteiger partial charge in [0.05, 0.1) is 0 Å². The SMILES string of the molecule is Cc1cc(I)ccc1NC(=O)C(Cc1c[nH]c2ccccc12)NC(=O)OCc1ccccc1. The van der Waals surface area contributed by atoms with E-state index in [1.165, 1.54) is 0 Å². The van der Waals surface area contributed by atoms with Crippen LogP contribution in [0.3, 0.4) is 0 Å². The molecule has 0 aliphatic rings. The summed E-state index contributed by atoms with van der Waals surface area (Å²) in [7, 11) is 0. The number of hydrogen-bond acceptors (Lipinski definition) is 3. The molecule has 0 saturated heterocycles. The number of halogens is 1. The monoisotopic (exact) mass is 553 g/mol. The molecule has 0 bridgehead atoms. The van der Waals surface area contributed by atoms with Crippen LogP contribution in [0.2, 0.25) is 0 Å². The van der Waals surface area contributed by atoms with Crippen molar-refractivity contribution in [2.75, 3.05) is 5.32 Å². The van der Waals surface area contributed by atoms with Gasteiger partial charge in [-0.1, -0.05) is 48.5 Å². The van der Waals surface area contributed by atoms with Crippen LogP contribution in [0.4, 0.5) is 10.5 Å². The number of carbonyl (C=O) groups is 2. The van der Waals surface area contributed by atoms with Crippen LogP contribution in [0.1, 0.15) is 16.7 Å². The van der Waals surface area contributed by atoms with Crippen molar-refractivity contribution in [3.63, 3.8) is 0 Å². The molecule has 6 nitrogen and oxygen atoms in total. The molecule has 1 unspecified atom stereocenters. The fourth-order valence-electron chi connectivity index (χ4n) is 3.62. The highest BCUT2D eigenvalue weighted by atomic mass is 127. The van der Waals surface area contributed by atoms with E-state index in [1.807, 2.05) is 85.9 Å². The molecule has 33 heavy (non-hydrogen) atoms. The number of fused-ring (bicyclic) bond motifs is 1. The first-order valence-corrected chi connectivity index (χ1v) is 11.7. The molecular formula is C26H24IN3O3. The van der Waals surface area contributed by atoms with Crippen molar-refractivity contribution in [1.82, 2.24) is 10.3 Å². The standard InChI is InChI=1S/C26H24IN3O3/c1-17-13-20(27)11-12-22(17)29-25(31)24(14-19-15-28-23-10-6-5-9-21(19)23)30-26(32)33-16-18-7-3-2-4-8-18/h2-13,15,24,28H,14,16H2,1H3,(H,29,31)(H,30,32). The van der Waals surface area contributed by atoms with E-state index in [2.05, 4.69) is 38.2 Å². The lowest BCUT2D eigenvalue weighted by atomic mass is 10.0. The Kier molecular flexibility index (Phi) is 7.29. The smallest absolute Gasteiger partial charge is 0.408 e. The van der Waals surface area contributed by atoms with Crippen molar-refractivity contribution in [3.05, 3.63) is 99.3 Å². The summed E-state index contributed by atoms with van der Waals surface area (Å²) in [6.45, 7) is 2.07. The third-order valence-corrected chi connectivity index (χ3v) is 6.04. The second-order valence-electron chi connectivity index (χ2n) is 7.77. The Morgan fingerprint density at radius 3 is 2.58 bits per heavy atom. The Balaban J connectivity index is 1.51. The average Bonchev–Trinajstić information content (AvgIpc) is 3.22. The number of para-hydroxylation sites is 1. The highest BCUT2D eigenvalue weighted by Gasteiger charge is 2.24. The van der Waals surface area contributed by atoms with Crippen LogP contribution in [0.15, 0.2) is 79.0 Å². The molecule has 4 aromatic rings. The van der Waals surface area contributed by atoms with Gasteiger partial charge in [0.15, 0.2) is 0 Å². The third-order valence-electron chi connectivity index (χ3n) is 5.37. The van der Waals surface area contributed by atoms with E-state index in [0.29, 0.717) is 12.1 Å². The predicted octanol–water partition coefficient (Wildman–Crippen LogP) is 5.56. The summed E-state index contributed by atoms with van der Waals surface area (Å²) in [5.41, 5.74) is 4.46. The number of anilines is 1. The van der Waals surface area contributed by atoms with Gasteiger partial charge in [0.25, 0.3) is 0 Å². The van der Waals surface area contributed by atoms with Crippen LogP contribution in [0, 0.1) is 10.5 Å². The van der Waals surface area contributed by atoms with E-state index in [0.717, 1.165) is 31.2 Å². The molecule has 0 radical (unpaired) electrons. The third kappa shape index (κ3) is 5.92. The topological polar surface area (TPSA) is 83.2 Å². The highest BCUT2D eigenvalue weighted by Crippen LogP contribution is 2.21. The first-order chi connectivity index (χ1) is 16.0. The highest BCUT2D eigenvalue weighted by molar-refractivity contribution is 14.1.